The van der Waals surface area contributed by atoms with Gasteiger partial charge in [-0.05, 0) is 18.2 Å². The van der Waals surface area contributed by atoms with Crippen LogP contribution in [0.1, 0.15) is 21.3 Å². The largest absolute Gasteiger partial charge is 0.481 e. The predicted octanol–water partition coefficient (Wildman–Crippen LogP) is 2.12. The number of halogens is 1. The molecule has 0 radical (unpaired) electrons. The molecule has 0 bridgehead atoms. The average molecular weight is 418 g/mol. The van der Waals surface area contributed by atoms with Crippen LogP contribution in [-0.4, -0.2) is 48.2 Å². The number of carbonyl (C=O) groups is 3. The Morgan fingerprint density at radius 3 is 2.59 bits per heavy atom. The molecule has 0 aromatic heterocycles. The van der Waals surface area contributed by atoms with E-state index in [1.54, 1.807) is 30.3 Å². The fourth-order valence-corrected chi connectivity index (χ4v) is 4.16. The van der Waals surface area contributed by atoms with Crippen molar-refractivity contribution in [1.82, 2.24) is 4.90 Å². The van der Waals surface area contributed by atoms with Gasteiger partial charge in [0.05, 0.1) is 5.56 Å². The molecule has 1 fully saturated rings. The second-order valence-corrected chi connectivity index (χ2v) is 7.33. The quantitative estimate of drug-likeness (QED) is 0.692. The molecule has 0 saturated carbocycles. The molecule has 1 heterocycles. The molecule has 1 aliphatic rings. The standard InChI is InChI=1S/C20H19FN2O5S/c21-15-7-3-1-5-13(15)20-23(9-10-29-20)17(24)11-28-18(25)12-27-16-8-4-2-6-14(16)19(22)26/h1-8,20H,9-12H2,(H2,22,26)/t20-/m1/s1. The van der Waals surface area contributed by atoms with Gasteiger partial charge in [0.25, 0.3) is 11.8 Å². The number of amides is 2. The molecule has 1 aliphatic heterocycles. The summed E-state index contributed by atoms with van der Waals surface area (Å²) >= 11 is 1.45. The van der Waals surface area contributed by atoms with E-state index >= 15 is 0 Å². The first-order valence-electron chi connectivity index (χ1n) is 8.80. The summed E-state index contributed by atoms with van der Waals surface area (Å²) in [7, 11) is 0. The third-order valence-electron chi connectivity index (χ3n) is 4.24. The van der Waals surface area contributed by atoms with Gasteiger partial charge in [0, 0.05) is 17.9 Å². The maximum Gasteiger partial charge on any atom is 0.344 e. The Morgan fingerprint density at radius 1 is 1.10 bits per heavy atom. The zero-order valence-corrected chi connectivity index (χ0v) is 16.2. The zero-order valence-electron chi connectivity index (χ0n) is 15.4. The molecule has 3 rings (SSSR count). The third-order valence-corrected chi connectivity index (χ3v) is 5.48. The van der Waals surface area contributed by atoms with Gasteiger partial charge >= 0.3 is 5.97 Å². The van der Waals surface area contributed by atoms with Gasteiger partial charge in [-0.25, -0.2) is 9.18 Å². The minimum absolute atomic E-state index is 0.137. The van der Waals surface area contributed by atoms with Crippen LogP contribution in [0, 0.1) is 5.82 Å². The highest BCUT2D eigenvalue weighted by molar-refractivity contribution is 7.99. The molecule has 2 aromatic rings. The Kier molecular flexibility index (Phi) is 6.71. The SMILES string of the molecule is NC(=O)c1ccccc1OCC(=O)OCC(=O)N1CCS[C@@H]1c1ccccc1F. The first-order valence-corrected chi connectivity index (χ1v) is 9.85. The van der Waals surface area contributed by atoms with Crippen LogP contribution < -0.4 is 10.5 Å². The Labute approximate surface area is 171 Å². The number of hydrogen-bond acceptors (Lipinski definition) is 6. The van der Waals surface area contributed by atoms with Gasteiger partial charge < -0.3 is 20.1 Å². The lowest BCUT2D eigenvalue weighted by Crippen LogP contribution is -2.35. The highest BCUT2D eigenvalue weighted by atomic mass is 32.2. The number of para-hydroxylation sites is 1. The Bertz CT molecular complexity index is 923. The second kappa shape index (κ2) is 9.42. The molecule has 29 heavy (non-hydrogen) atoms. The van der Waals surface area contributed by atoms with Crippen molar-refractivity contribution in [3.05, 3.63) is 65.5 Å². The van der Waals surface area contributed by atoms with Crippen molar-refractivity contribution in [2.75, 3.05) is 25.5 Å². The molecular formula is C20H19FN2O5S. The number of nitrogens with zero attached hydrogens (tertiary/aromatic N) is 1. The van der Waals surface area contributed by atoms with Crippen molar-refractivity contribution in [3.8, 4) is 5.75 Å². The van der Waals surface area contributed by atoms with Crippen molar-refractivity contribution >= 4 is 29.5 Å². The lowest BCUT2D eigenvalue weighted by Gasteiger charge is -2.24. The monoisotopic (exact) mass is 418 g/mol. The summed E-state index contributed by atoms with van der Waals surface area (Å²) < 4.78 is 24.3. The fraction of sp³-hybridized carbons (Fsp3) is 0.250. The first-order chi connectivity index (χ1) is 14.0. The number of thioether (sulfide) groups is 1. The van der Waals surface area contributed by atoms with Crippen LogP contribution >= 0.6 is 11.8 Å². The number of esters is 1. The highest BCUT2D eigenvalue weighted by Crippen LogP contribution is 2.38. The van der Waals surface area contributed by atoms with Crippen LogP contribution in [0.5, 0.6) is 5.75 Å². The van der Waals surface area contributed by atoms with Gasteiger partial charge in [-0.1, -0.05) is 30.3 Å². The van der Waals surface area contributed by atoms with Crippen LogP contribution in [0.25, 0.3) is 0 Å². The average Bonchev–Trinajstić information content (AvgIpc) is 3.20. The predicted molar refractivity (Wildman–Crippen MR) is 105 cm³/mol. The molecule has 2 amide bonds. The maximum absolute atomic E-state index is 14.1. The smallest absolute Gasteiger partial charge is 0.344 e. The van der Waals surface area contributed by atoms with Gasteiger partial charge in [-0.3, -0.25) is 9.59 Å². The molecule has 2 aromatic carbocycles. The summed E-state index contributed by atoms with van der Waals surface area (Å²) in [6.45, 7) is -0.531. The second-order valence-electron chi connectivity index (χ2n) is 6.14. The molecule has 7 nitrogen and oxygen atoms in total. The number of rotatable bonds is 7. The van der Waals surface area contributed by atoms with Crippen molar-refractivity contribution < 1.29 is 28.2 Å². The number of nitrogens with two attached hydrogens (primary N) is 1. The molecule has 0 unspecified atom stereocenters. The van der Waals surface area contributed by atoms with E-state index in [9.17, 15) is 18.8 Å². The van der Waals surface area contributed by atoms with Crippen LogP contribution in [-0.2, 0) is 14.3 Å². The van der Waals surface area contributed by atoms with E-state index < -0.39 is 36.4 Å². The Balaban J connectivity index is 1.53. The van der Waals surface area contributed by atoms with Crippen molar-refractivity contribution in [1.29, 1.82) is 0 Å². The summed E-state index contributed by atoms with van der Waals surface area (Å²) in [5.41, 5.74) is 5.80. The van der Waals surface area contributed by atoms with Crippen LogP contribution in [0.15, 0.2) is 48.5 Å². The summed E-state index contributed by atoms with van der Waals surface area (Å²) in [4.78, 5) is 37.2. The van der Waals surface area contributed by atoms with E-state index in [0.717, 1.165) is 0 Å². The number of primary amides is 1. The number of hydrogen-bond donors (Lipinski definition) is 1. The zero-order chi connectivity index (χ0) is 20.8. The topological polar surface area (TPSA) is 98.9 Å². The summed E-state index contributed by atoms with van der Waals surface area (Å²) in [5, 5.41) is -0.457. The Morgan fingerprint density at radius 2 is 1.83 bits per heavy atom. The van der Waals surface area contributed by atoms with Crippen molar-refractivity contribution in [2.45, 2.75) is 5.37 Å². The third kappa shape index (κ3) is 5.05. The van der Waals surface area contributed by atoms with Gasteiger partial charge in [0.15, 0.2) is 13.2 Å². The molecule has 152 valence electrons. The Hall–Kier alpha value is -3.07. The van der Waals surface area contributed by atoms with Gasteiger partial charge in [0.2, 0.25) is 0 Å². The molecule has 0 spiro atoms. The van der Waals surface area contributed by atoms with E-state index in [2.05, 4.69) is 0 Å². The maximum atomic E-state index is 14.1. The summed E-state index contributed by atoms with van der Waals surface area (Å²) in [6.07, 6.45) is 0. The van der Waals surface area contributed by atoms with E-state index in [0.29, 0.717) is 17.9 Å². The summed E-state index contributed by atoms with van der Waals surface area (Å²) in [6, 6.07) is 12.5. The van der Waals surface area contributed by atoms with Gasteiger partial charge in [-0.15, -0.1) is 11.8 Å². The molecule has 1 saturated heterocycles. The lowest BCUT2D eigenvalue weighted by molar-refractivity contribution is -0.153. The van der Waals surface area contributed by atoms with Crippen LogP contribution in [0.3, 0.4) is 0 Å². The normalized spacial score (nSPS) is 15.8. The minimum atomic E-state index is -0.771. The van der Waals surface area contributed by atoms with Crippen molar-refractivity contribution in [2.24, 2.45) is 5.73 Å². The first kappa shape index (κ1) is 20.7. The molecule has 0 aliphatic carbocycles. The van der Waals surface area contributed by atoms with Crippen LogP contribution in [0.2, 0.25) is 0 Å². The van der Waals surface area contributed by atoms with E-state index in [1.165, 1.54) is 34.9 Å². The minimum Gasteiger partial charge on any atom is -0.481 e. The van der Waals surface area contributed by atoms with Crippen molar-refractivity contribution in [3.63, 3.8) is 0 Å². The van der Waals surface area contributed by atoms with Gasteiger partial charge in [0.1, 0.15) is 16.9 Å². The molecule has 9 heteroatoms. The van der Waals surface area contributed by atoms with Gasteiger partial charge in [-0.2, -0.15) is 0 Å². The number of carbonyl (C=O) groups excluding carboxylic acids is 3. The fourth-order valence-electron chi connectivity index (χ4n) is 2.86. The lowest BCUT2D eigenvalue weighted by atomic mass is 10.2. The molecule has 2 N–H and O–H groups in total. The number of benzene rings is 2. The number of ether oxygens (including phenoxy) is 2. The van der Waals surface area contributed by atoms with Crippen LogP contribution in [0.4, 0.5) is 4.39 Å². The summed E-state index contributed by atoms with van der Waals surface area (Å²) in [5.74, 6) is -1.45. The van der Waals surface area contributed by atoms with E-state index in [4.69, 9.17) is 15.2 Å². The molecule has 1 atom stereocenters. The molecular weight excluding hydrogens is 399 g/mol. The highest BCUT2D eigenvalue weighted by Gasteiger charge is 2.32. The van der Waals surface area contributed by atoms with E-state index in [1.807, 2.05) is 0 Å². The van der Waals surface area contributed by atoms with E-state index in [-0.39, 0.29) is 17.1 Å².